The highest BCUT2D eigenvalue weighted by Gasteiger charge is 1.96. The van der Waals surface area contributed by atoms with Crippen LogP contribution in [0, 0.1) is 6.92 Å². The van der Waals surface area contributed by atoms with Crippen LogP contribution in [0.15, 0.2) is 23.3 Å². The van der Waals surface area contributed by atoms with Gasteiger partial charge in [-0.15, -0.1) is 0 Å². The lowest BCUT2D eigenvalue weighted by atomic mass is 10.2. The van der Waals surface area contributed by atoms with Crippen LogP contribution in [0.1, 0.15) is 5.56 Å². The number of rotatable bonds is 1. The molecule has 0 atom stereocenters. The van der Waals surface area contributed by atoms with Gasteiger partial charge < -0.3 is 5.11 Å². The van der Waals surface area contributed by atoms with Crippen molar-refractivity contribution < 1.29 is 5.11 Å². The molecule has 0 radical (unpaired) electrons. The van der Waals surface area contributed by atoms with Crippen molar-refractivity contribution in [2.24, 2.45) is 5.11 Å². The summed E-state index contributed by atoms with van der Waals surface area (Å²) in [4.78, 5) is 2.57. The summed E-state index contributed by atoms with van der Waals surface area (Å²) >= 11 is 0. The van der Waals surface area contributed by atoms with E-state index in [0.717, 1.165) is 5.56 Å². The number of aromatic hydroxyl groups is 1. The Balaban J connectivity index is 3.22. The largest absolute Gasteiger partial charge is 0.507 e. The summed E-state index contributed by atoms with van der Waals surface area (Å²) in [5.41, 5.74) is 9.30. The SMILES string of the molecule is Cc1ccc(O)c(N=[N+]=[N-])c1. The predicted octanol–water partition coefficient (Wildman–Crippen LogP) is 2.64. The Morgan fingerprint density at radius 2 is 2.27 bits per heavy atom. The molecule has 4 heteroatoms. The van der Waals surface area contributed by atoms with Crippen LogP contribution in [-0.4, -0.2) is 5.11 Å². The molecule has 0 aliphatic carbocycles. The van der Waals surface area contributed by atoms with Gasteiger partial charge in [-0.05, 0) is 24.6 Å². The molecule has 4 nitrogen and oxygen atoms in total. The maximum atomic E-state index is 9.10. The number of benzene rings is 1. The van der Waals surface area contributed by atoms with Crippen LogP contribution in [0.4, 0.5) is 5.69 Å². The minimum atomic E-state index is 0.00778. The molecule has 0 saturated carbocycles. The van der Waals surface area contributed by atoms with Gasteiger partial charge in [0.25, 0.3) is 0 Å². The number of nitrogens with zero attached hydrogens (tertiary/aromatic N) is 3. The fourth-order valence-corrected chi connectivity index (χ4v) is 0.762. The first-order valence-corrected chi connectivity index (χ1v) is 3.09. The van der Waals surface area contributed by atoms with E-state index in [9.17, 15) is 0 Å². The van der Waals surface area contributed by atoms with Gasteiger partial charge in [-0.2, -0.15) is 0 Å². The van der Waals surface area contributed by atoms with E-state index in [4.69, 9.17) is 10.6 Å². The first kappa shape index (κ1) is 7.44. The lowest BCUT2D eigenvalue weighted by molar-refractivity contribution is 0.476. The van der Waals surface area contributed by atoms with Crippen molar-refractivity contribution in [1.82, 2.24) is 0 Å². The van der Waals surface area contributed by atoms with Crippen LogP contribution in [0.2, 0.25) is 0 Å². The van der Waals surface area contributed by atoms with E-state index in [1.165, 1.54) is 6.07 Å². The van der Waals surface area contributed by atoms with Crippen molar-refractivity contribution in [3.8, 4) is 5.75 Å². The zero-order valence-corrected chi connectivity index (χ0v) is 6.02. The van der Waals surface area contributed by atoms with Crippen LogP contribution in [0.5, 0.6) is 5.75 Å². The third-order valence-electron chi connectivity index (χ3n) is 1.28. The molecule has 0 saturated heterocycles. The van der Waals surface area contributed by atoms with Gasteiger partial charge >= 0.3 is 0 Å². The number of hydrogen-bond donors (Lipinski definition) is 1. The molecule has 0 heterocycles. The fraction of sp³-hybridized carbons (Fsp3) is 0.143. The summed E-state index contributed by atoms with van der Waals surface area (Å²) in [7, 11) is 0. The Bertz CT molecular complexity index is 315. The quantitative estimate of drug-likeness (QED) is 0.372. The van der Waals surface area contributed by atoms with Crippen molar-refractivity contribution >= 4 is 5.69 Å². The molecule has 56 valence electrons. The normalized spacial score (nSPS) is 8.82. The van der Waals surface area contributed by atoms with Crippen LogP contribution in [0.25, 0.3) is 10.4 Å². The zero-order chi connectivity index (χ0) is 8.27. The van der Waals surface area contributed by atoms with Crippen LogP contribution in [-0.2, 0) is 0 Å². The van der Waals surface area contributed by atoms with Gasteiger partial charge in [0.05, 0.1) is 5.69 Å². The summed E-state index contributed by atoms with van der Waals surface area (Å²) in [6.45, 7) is 1.86. The maximum absolute atomic E-state index is 9.10. The van der Waals surface area contributed by atoms with Gasteiger partial charge in [0, 0.05) is 4.91 Å². The van der Waals surface area contributed by atoms with Crippen LogP contribution in [0.3, 0.4) is 0 Å². The number of aryl methyl sites for hydroxylation is 1. The maximum Gasteiger partial charge on any atom is 0.125 e. The minimum Gasteiger partial charge on any atom is -0.507 e. The first-order valence-electron chi connectivity index (χ1n) is 3.09. The van der Waals surface area contributed by atoms with Crippen LogP contribution >= 0.6 is 0 Å². The summed E-state index contributed by atoms with van der Waals surface area (Å²) in [6, 6.07) is 4.86. The van der Waals surface area contributed by atoms with E-state index in [0.29, 0.717) is 0 Å². The summed E-state index contributed by atoms with van der Waals surface area (Å²) < 4.78 is 0. The summed E-state index contributed by atoms with van der Waals surface area (Å²) in [5, 5.41) is 12.4. The van der Waals surface area contributed by atoms with E-state index >= 15 is 0 Å². The molecule has 0 unspecified atom stereocenters. The Kier molecular flexibility index (Phi) is 1.99. The van der Waals surface area contributed by atoms with E-state index in [-0.39, 0.29) is 11.4 Å². The predicted molar refractivity (Wildman–Crippen MR) is 41.6 cm³/mol. The first-order chi connectivity index (χ1) is 5.24. The molecule has 0 spiro atoms. The molecule has 0 fully saturated rings. The molecule has 1 rings (SSSR count). The highest BCUT2D eigenvalue weighted by Crippen LogP contribution is 2.26. The molecule has 0 bridgehead atoms. The lowest BCUT2D eigenvalue weighted by Gasteiger charge is -1.97. The molecule has 1 aromatic carbocycles. The number of phenolic OH excluding ortho intramolecular Hbond substituents is 1. The highest BCUT2D eigenvalue weighted by atomic mass is 16.3. The second-order valence-electron chi connectivity index (χ2n) is 2.18. The number of phenols is 1. The Hall–Kier alpha value is -1.67. The van der Waals surface area contributed by atoms with Crippen LogP contribution < -0.4 is 0 Å². The molecule has 0 amide bonds. The third-order valence-corrected chi connectivity index (χ3v) is 1.28. The van der Waals surface area contributed by atoms with E-state index < -0.39 is 0 Å². The van der Waals surface area contributed by atoms with Gasteiger partial charge in [0.15, 0.2) is 0 Å². The van der Waals surface area contributed by atoms with Gasteiger partial charge in [-0.3, -0.25) is 0 Å². The topological polar surface area (TPSA) is 69.0 Å². The van der Waals surface area contributed by atoms with E-state index in [1.54, 1.807) is 12.1 Å². The molecule has 1 aromatic rings. The average molecular weight is 149 g/mol. The standard InChI is InChI=1S/C7H7N3O/c1-5-2-3-7(11)6(4-5)9-10-8/h2-4,11H,1H3. The second-order valence-corrected chi connectivity index (χ2v) is 2.18. The smallest absolute Gasteiger partial charge is 0.125 e. The number of azide groups is 1. The van der Waals surface area contributed by atoms with Crippen molar-refractivity contribution in [3.63, 3.8) is 0 Å². The Morgan fingerprint density at radius 1 is 1.55 bits per heavy atom. The molecule has 0 aliphatic heterocycles. The zero-order valence-electron chi connectivity index (χ0n) is 6.02. The average Bonchev–Trinajstić information content (AvgIpc) is 1.98. The Morgan fingerprint density at radius 3 is 2.91 bits per heavy atom. The molecule has 11 heavy (non-hydrogen) atoms. The molecular formula is C7H7N3O. The van der Waals surface area contributed by atoms with Gasteiger partial charge in [-0.1, -0.05) is 16.7 Å². The molecule has 0 aliphatic rings. The molecular weight excluding hydrogens is 142 g/mol. The van der Waals surface area contributed by atoms with Crippen molar-refractivity contribution in [2.45, 2.75) is 6.92 Å². The minimum absolute atomic E-state index is 0.00778. The van der Waals surface area contributed by atoms with Crippen molar-refractivity contribution in [1.29, 1.82) is 0 Å². The summed E-state index contributed by atoms with van der Waals surface area (Å²) in [6.07, 6.45) is 0. The van der Waals surface area contributed by atoms with Gasteiger partial charge in [0.1, 0.15) is 5.75 Å². The highest BCUT2D eigenvalue weighted by molar-refractivity contribution is 5.52. The number of hydrogen-bond acceptors (Lipinski definition) is 2. The van der Waals surface area contributed by atoms with Crippen molar-refractivity contribution in [2.75, 3.05) is 0 Å². The van der Waals surface area contributed by atoms with E-state index in [1.807, 2.05) is 6.92 Å². The lowest BCUT2D eigenvalue weighted by Crippen LogP contribution is -1.70. The molecule has 1 N–H and O–H groups in total. The Labute approximate surface area is 63.7 Å². The fourth-order valence-electron chi connectivity index (χ4n) is 0.762. The second kappa shape index (κ2) is 2.94. The van der Waals surface area contributed by atoms with E-state index in [2.05, 4.69) is 10.0 Å². The van der Waals surface area contributed by atoms with Gasteiger partial charge in [-0.25, -0.2) is 0 Å². The van der Waals surface area contributed by atoms with Gasteiger partial charge in [0.2, 0.25) is 0 Å². The summed E-state index contributed by atoms with van der Waals surface area (Å²) in [5.74, 6) is 0.00778. The molecule has 0 aromatic heterocycles. The van der Waals surface area contributed by atoms with Crippen molar-refractivity contribution in [3.05, 3.63) is 34.2 Å². The third kappa shape index (κ3) is 1.63. The monoisotopic (exact) mass is 149 g/mol.